The van der Waals surface area contributed by atoms with Crippen LogP contribution in [0.2, 0.25) is 0 Å². The molecule has 19 heavy (non-hydrogen) atoms. The van der Waals surface area contributed by atoms with Crippen molar-refractivity contribution in [1.82, 2.24) is 10.2 Å². The summed E-state index contributed by atoms with van der Waals surface area (Å²) in [5, 5.41) is 3.32. The number of methoxy groups -OCH3 is 2. The van der Waals surface area contributed by atoms with Crippen LogP contribution in [0.4, 0.5) is 4.39 Å². The van der Waals surface area contributed by atoms with Gasteiger partial charge in [0.15, 0.2) is 0 Å². The van der Waals surface area contributed by atoms with Crippen LogP contribution in [0, 0.1) is 5.82 Å². The number of hydrogen-bond acceptors (Lipinski definition) is 4. The van der Waals surface area contributed by atoms with Crippen LogP contribution >= 0.6 is 0 Å². The zero-order valence-corrected chi connectivity index (χ0v) is 11.5. The number of piperazine rings is 1. The van der Waals surface area contributed by atoms with Crippen molar-refractivity contribution in [2.24, 2.45) is 0 Å². The second-order valence-electron chi connectivity index (χ2n) is 4.70. The first-order valence-electron chi connectivity index (χ1n) is 6.52. The van der Waals surface area contributed by atoms with Crippen molar-refractivity contribution in [3.63, 3.8) is 0 Å². The second-order valence-corrected chi connectivity index (χ2v) is 4.70. The molecule has 106 valence electrons. The summed E-state index contributed by atoms with van der Waals surface area (Å²) in [7, 11) is 3.19. The van der Waals surface area contributed by atoms with E-state index in [2.05, 4.69) is 10.2 Å². The molecular weight excluding hydrogens is 247 g/mol. The molecule has 0 unspecified atom stereocenters. The molecule has 0 bridgehead atoms. The van der Waals surface area contributed by atoms with Crippen LogP contribution < -0.4 is 10.1 Å². The van der Waals surface area contributed by atoms with E-state index in [-0.39, 0.29) is 5.82 Å². The highest BCUT2D eigenvalue weighted by molar-refractivity contribution is 5.40. The number of nitrogens with zero attached hydrogens (tertiary/aromatic N) is 1. The Balaban J connectivity index is 2.24. The van der Waals surface area contributed by atoms with Crippen LogP contribution in [-0.4, -0.2) is 45.3 Å². The minimum Gasteiger partial charge on any atom is -0.496 e. The lowest BCUT2D eigenvalue weighted by atomic mass is 10.1. The summed E-state index contributed by atoms with van der Waals surface area (Å²) in [6.45, 7) is 5.13. The second kappa shape index (κ2) is 6.84. The van der Waals surface area contributed by atoms with Gasteiger partial charge in [0.25, 0.3) is 0 Å². The zero-order valence-electron chi connectivity index (χ0n) is 11.5. The molecule has 1 aliphatic heterocycles. The van der Waals surface area contributed by atoms with E-state index in [1.165, 1.54) is 12.1 Å². The first-order chi connectivity index (χ1) is 9.24. The number of nitrogens with one attached hydrogen (secondary N) is 1. The quantitative estimate of drug-likeness (QED) is 0.875. The molecule has 0 saturated carbocycles. The fourth-order valence-corrected chi connectivity index (χ4v) is 2.40. The largest absolute Gasteiger partial charge is 0.496 e. The van der Waals surface area contributed by atoms with Gasteiger partial charge in [0.1, 0.15) is 11.6 Å². The number of halogens is 1. The summed E-state index contributed by atoms with van der Waals surface area (Å²) >= 11 is 0. The van der Waals surface area contributed by atoms with E-state index in [1.807, 2.05) is 0 Å². The summed E-state index contributed by atoms with van der Waals surface area (Å²) in [5.41, 5.74) is 1.88. The first-order valence-corrected chi connectivity index (χ1v) is 6.52. The summed E-state index contributed by atoms with van der Waals surface area (Å²) in [4.78, 5) is 2.34. The number of ether oxygens (including phenoxy) is 2. The lowest BCUT2D eigenvalue weighted by Gasteiger charge is -2.28. The molecule has 0 spiro atoms. The first kappa shape index (κ1) is 14.2. The van der Waals surface area contributed by atoms with Gasteiger partial charge in [-0.2, -0.15) is 0 Å². The van der Waals surface area contributed by atoms with E-state index in [1.54, 1.807) is 14.2 Å². The number of benzene rings is 1. The molecule has 0 amide bonds. The summed E-state index contributed by atoms with van der Waals surface area (Å²) in [6.07, 6.45) is 0. The zero-order chi connectivity index (χ0) is 13.7. The number of hydrogen-bond donors (Lipinski definition) is 1. The molecule has 0 aromatic heterocycles. The van der Waals surface area contributed by atoms with Gasteiger partial charge in [-0.3, -0.25) is 4.90 Å². The molecule has 1 saturated heterocycles. The lowest BCUT2D eigenvalue weighted by molar-refractivity contribution is 0.179. The van der Waals surface area contributed by atoms with Crippen molar-refractivity contribution in [2.75, 3.05) is 40.4 Å². The van der Waals surface area contributed by atoms with Crippen LogP contribution in [-0.2, 0) is 17.9 Å². The highest BCUT2D eigenvalue weighted by Crippen LogP contribution is 2.26. The predicted octanol–water partition coefficient (Wildman–Crippen LogP) is 1.39. The maximum absolute atomic E-state index is 13.5. The third-order valence-electron chi connectivity index (χ3n) is 3.38. The van der Waals surface area contributed by atoms with Crippen molar-refractivity contribution in [3.8, 4) is 5.75 Å². The smallest absolute Gasteiger partial charge is 0.127 e. The minimum atomic E-state index is -0.284. The highest BCUT2D eigenvalue weighted by Gasteiger charge is 2.17. The summed E-state index contributed by atoms with van der Waals surface area (Å²) < 4.78 is 24.0. The molecule has 1 heterocycles. The minimum absolute atomic E-state index is 0.284. The molecule has 5 heteroatoms. The van der Waals surface area contributed by atoms with E-state index in [0.717, 1.165) is 43.9 Å². The molecule has 0 radical (unpaired) electrons. The van der Waals surface area contributed by atoms with E-state index >= 15 is 0 Å². The molecule has 2 rings (SSSR count). The average molecular weight is 268 g/mol. The summed E-state index contributed by atoms with van der Waals surface area (Å²) in [6, 6.07) is 2.97. The molecule has 1 aromatic rings. The van der Waals surface area contributed by atoms with E-state index in [4.69, 9.17) is 9.47 Å². The van der Waals surface area contributed by atoms with Crippen molar-refractivity contribution in [1.29, 1.82) is 0 Å². The molecule has 0 atom stereocenters. The topological polar surface area (TPSA) is 33.7 Å². The third-order valence-corrected chi connectivity index (χ3v) is 3.38. The van der Waals surface area contributed by atoms with Crippen molar-refractivity contribution in [3.05, 3.63) is 29.1 Å². The molecular formula is C14H21FN2O2. The fourth-order valence-electron chi connectivity index (χ4n) is 2.40. The highest BCUT2D eigenvalue weighted by atomic mass is 19.1. The van der Waals surface area contributed by atoms with Gasteiger partial charge < -0.3 is 14.8 Å². The third kappa shape index (κ3) is 3.65. The van der Waals surface area contributed by atoms with Gasteiger partial charge in [-0.25, -0.2) is 4.39 Å². The van der Waals surface area contributed by atoms with E-state index in [0.29, 0.717) is 12.4 Å². The van der Waals surface area contributed by atoms with Gasteiger partial charge >= 0.3 is 0 Å². The molecule has 1 aromatic carbocycles. The molecule has 4 nitrogen and oxygen atoms in total. The Labute approximate surface area is 113 Å². The van der Waals surface area contributed by atoms with Gasteiger partial charge in [-0.1, -0.05) is 0 Å². The van der Waals surface area contributed by atoms with Gasteiger partial charge in [-0.15, -0.1) is 0 Å². The van der Waals surface area contributed by atoms with Crippen molar-refractivity contribution >= 4 is 0 Å². The average Bonchev–Trinajstić information content (AvgIpc) is 2.43. The Bertz CT molecular complexity index is 420. The maximum atomic E-state index is 13.5. The van der Waals surface area contributed by atoms with Gasteiger partial charge in [-0.05, 0) is 11.6 Å². The fraction of sp³-hybridized carbons (Fsp3) is 0.571. The Hall–Kier alpha value is -1.17. The van der Waals surface area contributed by atoms with Crippen LogP contribution in [0.5, 0.6) is 5.75 Å². The van der Waals surface area contributed by atoms with E-state index in [9.17, 15) is 4.39 Å². The normalized spacial score (nSPS) is 16.6. The summed E-state index contributed by atoms with van der Waals surface area (Å²) in [5.74, 6) is 0.318. The standard InChI is InChI=1S/C14H21FN2O2/c1-18-10-11-7-12(15)8-14(19-2)13(11)9-17-5-3-16-4-6-17/h7-8,16H,3-6,9-10H2,1-2H3. The monoisotopic (exact) mass is 268 g/mol. The molecule has 1 fully saturated rings. The van der Waals surface area contributed by atoms with Crippen molar-refractivity contribution in [2.45, 2.75) is 13.2 Å². The lowest BCUT2D eigenvalue weighted by Crippen LogP contribution is -2.43. The predicted molar refractivity (Wildman–Crippen MR) is 71.8 cm³/mol. The van der Waals surface area contributed by atoms with Gasteiger partial charge in [0, 0.05) is 51.5 Å². The van der Waals surface area contributed by atoms with E-state index < -0.39 is 0 Å². The van der Waals surface area contributed by atoms with Crippen LogP contribution in [0.15, 0.2) is 12.1 Å². The van der Waals surface area contributed by atoms with Crippen LogP contribution in [0.1, 0.15) is 11.1 Å². The Kier molecular flexibility index (Phi) is 5.13. The SMILES string of the molecule is COCc1cc(F)cc(OC)c1CN1CCNCC1. The van der Waals surface area contributed by atoms with Gasteiger partial charge in [0.2, 0.25) is 0 Å². The molecule has 1 N–H and O–H groups in total. The Morgan fingerprint density at radius 1 is 1.26 bits per heavy atom. The Morgan fingerprint density at radius 2 is 2.00 bits per heavy atom. The maximum Gasteiger partial charge on any atom is 0.127 e. The van der Waals surface area contributed by atoms with Crippen LogP contribution in [0.25, 0.3) is 0 Å². The Morgan fingerprint density at radius 3 is 2.63 bits per heavy atom. The van der Waals surface area contributed by atoms with Crippen molar-refractivity contribution < 1.29 is 13.9 Å². The molecule has 1 aliphatic rings. The van der Waals surface area contributed by atoms with Crippen LogP contribution in [0.3, 0.4) is 0 Å². The number of rotatable bonds is 5. The molecule has 0 aliphatic carbocycles. The van der Waals surface area contributed by atoms with Gasteiger partial charge in [0.05, 0.1) is 13.7 Å².